The molecule has 0 atom stereocenters. The molecule has 0 aromatic carbocycles. The van der Waals surface area contributed by atoms with Crippen LogP contribution in [0.4, 0.5) is 0 Å². The lowest BCUT2D eigenvalue weighted by atomic mass is 10.1. The second kappa shape index (κ2) is 13.4. The molecule has 0 radical (unpaired) electrons. The molecular formula is C16H30O3. The minimum absolute atomic E-state index is 0.0107. The SMILES string of the molecule is CCCCCCCCCCCCC=C(O)CC(=O)O. The topological polar surface area (TPSA) is 57.5 Å². The summed E-state index contributed by atoms with van der Waals surface area (Å²) in [5.74, 6) is -0.986. The van der Waals surface area contributed by atoms with Gasteiger partial charge in [-0.3, -0.25) is 4.79 Å². The smallest absolute Gasteiger partial charge is 0.311 e. The predicted octanol–water partition coefficient (Wildman–Crippen LogP) is 5.21. The molecule has 112 valence electrons. The summed E-state index contributed by atoms with van der Waals surface area (Å²) >= 11 is 0. The Labute approximate surface area is 117 Å². The highest BCUT2D eigenvalue weighted by molar-refractivity contribution is 5.69. The molecule has 0 unspecified atom stereocenters. The molecule has 0 fully saturated rings. The van der Waals surface area contributed by atoms with E-state index in [0.29, 0.717) is 0 Å². The number of aliphatic carboxylic acids is 1. The van der Waals surface area contributed by atoms with Gasteiger partial charge >= 0.3 is 5.97 Å². The van der Waals surface area contributed by atoms with Crippen molar-refractivity contribution in [2.45, 2.75) is 84.0 Å². The molecule has 3 heteroatoms. The van der Waals surface area contributed by atoms with Crippen molar-refractivity contribution in [3.05, 3.63) is 11.8 Å². The molecule has 0 aliphatic carbocycles. The maximum Gasteiger partial charge on any atom is 0.311 e. The van der Waals surface area contributed by atoms with Crippen LogP contribution >= 0.6 is 0 Å². The van der Waals surface area contributed by atoms with Crippen molar-refractivity contribution in [1.29, 1.82) is 0 Å². The number of hydrogen-bond donors (Lipinski definition) is 2. The lowest BCUT2D eigenvalue weighted by Gasteiger charge is -2.01. The highest BCUT2D eigenvalue weighted by Crippen LogP contribution is 2.12. The van der Waals surface area contributed by atoms with Gasteiger partial charge < -0.3 is 10.2 Å². The standard InChI is InChI=1S/C16H30O3/c1-2-3-4-5-6-7-8-9-10-11-12-13-15(17)14-16(18)19/h13,17H,2-12,14H2,1H3,(H,18,19). The molecule has 0 bridgehead atoms. The van der Waals surface area contributed by atoms with Gasteiger partial charge in [-0.1, -0.05) is 64.7 Å². The quantitative estimate of drug-likeness (QED) is 0.356. The lowest BCUT2D eigenvalue weighted by Crippen LogP contribution is -1.96. The van der Waals surface area contributed by atoms with Crippen molar-refractivity contribution in [3.63, 3.8) is 0 Å². The normalized spacial score (nSPS) is 11.7. The van der Waals surface area contributed by atoms with Gasteiger partial charge in [0.05, 0.1) is 5.76 Å². The van der Waals surface area contributed by atoms with Gasteiger partial charge in [-0.25, -0.2) is 0 Å². The molecule has 0 saturated heterocycles. The van der Waals surface area contributed by atoms with E-state index in [1.54, 1.807) is 6.08 Å². The van der Waals surface area contributed by atoms with Crippen LogP contribution in [0.1, 0.15) is 84.0 Å². The number of allylic oxidation sites excluding steroid dienone is 1. The van der Waals surface area contributed by atoms with Crippen LogP contribution in [0.2, 0.25) is 0 Å². The molecule has 0 heterocycles. The fraction of sp³-hybridized carbons (Fsp3) is 0.812. The molecule has 0 aliphatic heterocycles. The molecule has 0 aliphatic rings. The molecule has 0 aromatic rings. The molecule has 0 amide bonds. The first-order valence-electron chi connectivity index (χ1n) is 7.76. The number of aliphatic hydroxyl groups excluding tert-OH is 1. The number of carbonyl (C=O) groups is 1. The first kappa shape index (κ1) is 18.0. The van der Waals surface area contributed by atoms with Crippen molar-refractivity contribution in [2.75, 3.05) is 0 Å². The molecule has 2 N–H and O–H groups in total. The summed E-state index contributed by atoms with van der Waals surface area (Å²) in [6, 6.07) is 0. The van der Waals surface area contributed by atoms with Gasteiger partial charge in [-0.15, -0.1) is 0 Å². The Bertz CT molecular complexity index is 246. The van der Waals surface area contributed by atoms with Crippen LogP contribution in [0.15, 0.2) is 11.8 Å². The van der Waals surface area contributed by atoms with Crippen LogP contribution in [0.3, 0.4) is 0 Å². The van der Waals surface area contributed by atoms with Gasteiger partial charge in [0.1, 0.15) is 6.42 Å². The minimum atomic E-state index is -0.975. The van der Waals surface area contributed by atoms with E-state index in [4.69, 9.17) is 5.11 Å². The fourth-order valence-corrected chi connectivity index (χ4v) is 2.13. The summed E-state index contributed by atoms with van der Waals surface area (Å²) in [6.45, 7) is 2.24. The van der Waals surface area contributed by atoms with Gasteiger partial charge in [0.25, 0.3) is 0 Å². The third-order valence-corrected chi connectivity index (χ3v) is 3.27. The van der Waals surface area contributed by atoms with Crippen LogP contribution in [0.25, 0.3) is 0 Å². The van der Waals surface area contributed by atoms with Crippen LogP contribution < -0.4 is 0 Å². The zero-order chi connectivity index (χ0) is 14.3. The van der Waals surface area contributed by atoms with E-state index < -0.39 is 5.97 Å². The van der Waals surface area contributed by atoms with Crippen molar-refractivity contribution in [1.82, 2.24) is 0 Å². The minimum Gasteiger partial charge on any atom is -0.512 e. The molecule has 0 rings (SSSR count). The van der Waals surface area contributed by atoms with Gasteiger partial charge in [-0.05, 0) is 18.9 Å². The maximum atomic E-state index is 10.3. The van der Waals surface area contributed by atoms with Crippen molar-refractivity contribution >= 4 is 5.97 Å². The second-order valence-electron chi connectivity index (χ2n) is 5.24. The van der Waals surface area contributed by atoms with E-state index in [9.17, 15) is 9.90 Å². The Kier molecular flexibility index (Phi) is 12.7. The van der Waals surface area contributed by atoms with E-state index in [1.165, 1.54) is 57.8 Å². The average molecular weight is 270 g/mol. The maximum absolute atomic E-state index is 10.3. The highest BCUT2D eigenvalue weighted by atomic mass is 16.4. The van der Waals surface area contributed by atoms with Crippen LogP contribution in [0, 0.1) is 0 Å². The third-order valence-electron chi connectivity index (χ3n) is 3.27. The molecule has 0 spiro atoms. The van der Waals surface area contributed by atoms with Gasteiger partial charge in [0.15, 0.2) is 0 Å². The lowest BCUT2D eigenvalue weighted by molar-refractivity contribution is -0.136. The molecule has 3 nitrogen and oxygen atoms in total. The second-order valence-corrected chi connectivity index (χ2v) is 5.24. The number of hydrogen-bond acceptors (Lipinski definition) is 2. The Balaban J connectivity index is 3.20. The first-order chi connectivity index (χ1) is 9.16. The van der Waals surface area contributed by atoms with Gasteiger partial charge in [-0.2, -0.15) is 0 Å². The monoisotopic (exact) mass is 270 g/mol. The number of rotatable bonds is 13. The summed E-state index contributed by atoms with van der Waals surface area (Å²) in [5, 5.41) is 17.7. The van der Waals surface area contributed by atoms with Crippen molar-refractivity contribution in [3.8, 4) is 0 Å². The van der Waals surface area contributed by atoms with Gasteiger partial charge in [0.2, 0.25) is 0 Å². The Morgan fingerprint density at radius 1 is 0.842 bits per heavy atom. The number of carboxylic acid groups (broad SMARTS) is 1. The summed E-state index contributed by atoms with van der Waals surface area (Å²) in [7, 11) is 0. The largest absolute Gasteiger partial charge is 0.512 e. The number of unbranched alkanes of at least 4 members (excludes halogenated alkanes) is 10. The number of aliphatic hydroxyl groups is 1. The summed E-state index contributed by atoms with van der Waals surface area (Å²) < 4.78 is 0. The Morgan fingerprint density at radius 2 is 1.32 bits per heavy atom. The van der Waals surface area contributed by atoms with Crippen LogP contribution in [-0.4, -0.2) is 16.2 Å². The van der Waals surface area contributed by atoms with E-state index in [-0.39, 0.29) is 12.2 Å². The summed E-state index contributed by atoms with van der Waals surface area (Å²) in [5.41, 5.74) is 0. The first-order valence-corrected chi connectivity index (χ1v) is 7.76. The Hall–Kier alpha value is -0.990. The van der Waals surface area contributed by atoms with E-state index in [1.807, 2.05) is 0 Å². The van der Waals surface area contributed by atoms with E-state index in [0.717, 1.165) is 12.8 Å². The molecule has 19 heavy (non-hydrogen) atoms. The molecule has 0 aromatic heterocycles. The number of carboxylic acids is 1. The average Bonchev–Trinajstić information content (AvgIpc) is 2.35. The molecular weight excluding hydrogens is 240 g/mol. The van der Waals surface area contributed by atoms with Crippen molar-refractivity contribution in [2.24, 2.45) is 0 Å². The molecule has 0 saturated carbocycles. The third kappa shape index (κ3) is 15.0. The van der Waals surface area contributed by atoms with E-state index in [2.05, 4.69) is 6.92 Å². The van der Waals surface area contributed by atoms with Crippen LogP contribution in [0.5, 0.6) is 0 Å². The predicted molar refractivity (Wildman–Crippen MR) is 79.4 cm³/mol. The summed E-state index contributed by atoms with van der Waals surface area (Å²) in [4.78, 5) is 10.3. The zero-order valence-electron chi connectivity index (χ0n) is 12.4. The zero-order valence-corrected chi connectivity index (χ0v) is 12.4. The fourth-order valence-electron chi connectivity index (χ4n) is 2.13. The Morgan fingerprint density at radius 3 is 1.79 bits per heavy atom. The summed E-state index contributed by atoms with van der Waals surface area (Å²) in [6.07, 6.45) is 15.1. The van der Waals surface area contributed by atoms with Crippen LogP contribution in [-0.2, 0) is 4.79 Å². The van der Waals surface area contributed by atoms with Crippen molar-refractivity contribution < 1.29 is 15.0 Å². The highest BCUT2D eigenvalue weighted by Gasteiger charge is 2.00. The van der Waals surface area contributed by atoms with Gasteiger partial charge in [0, 0.05) is 0 Å². The van der Waals surface area contributed by atoms with E-state index >= 15 is 0 Å².